The lowest BCUT2D eigenvalue weighted by atomic mass is 10.2. The number of rotatable bonds is 4. The molecule has 2 aromatic rings. The maximum atomic E-state index is 11.5. The quantitative estimate of drug-likeness (QED) is 0.877. The number of nitrogens with zero attached hydrogens (tertiary/aromatic N) is 2. The van der Waals surface area contributed by atoms with Crippen molar-refractivity contribution in [2.24, 2.45) is 0 Å². The number of ether oxygens (including phenoxy) is 1. The van der Waals surface area contributed by atoms with Crippen molar-refractivity contribution in [3.8, 4) is 0 Å². The highest BCUT2D eigenvalue weighted by Gasteiger charge is 2.13. The van der Waals surface area contributed by atoms with Crippen molar-refractivity contribution < 1.29 is 9.53 Å². The van der Waals surface area contributed by atoms with Crippen LogP contribution in [0.25, 0.3) is 0 Å². The van der Waals surface area contributed by atoms with Gasteiger partial charge in [0.15, 0.2) is 0 Å². The Morgan fingerprint density at radius 3 is 2.70 bits per heavy atom. The molecule has 0 aliphatic carbocycles. The van der Waals surface area contributed by atoms with E-state index in [1.165, 1.54) is 12.0 Å². The second-order valence-electron chi connectivity index (χ2n) is 4.50. The highest BCUT2D eigenvalue weighted by Crippen LogP contribution is 2.23. The molecule has 0 radical (unpaired) electrons. The molecule has 1 N–H and O–H groups in total. The second-order valence-corrected chi connectivity index (χ2v) is 5.76. The van der Waals surface area contributed by atoms with Crippen LogP contribution in [0.2, 0.25) is 0 Å². The fourth-order valence-corrected chi connectivity index (χ4v) is 2.60. The third kappa shape index (κ3) is 3.14. The van der Waals surface area contributed by atoms with Gasteiger partial charge in [-0.2, -0.15) is 0 Å². The van der Waals surface area contributed by atoms with Crippen LogP contribution < -0.4 is 5.32 Å². The molecule has 20 heavy (non-hydrogen) atoms. The van der Waals surface area contributed by atoms with Gasteiger partial charge in [0.2, 0.25) is 0 Å². The molecule has 0 saturated heterocycles. The SMILES string of the molecule is COC(=O)c1ccc(NC(C)c2ncc(C)s2)nc1C. The van der Waals surface area contributed by atoms with Crippen molar-refractivity contribution >= 4 is 23.1 Å². The summed E-state index contributed by atoms with van der Waals surface area (Å²) in [5.41, 5.74) is 1.13. The fraction of sp³-hybridized carbons (Fsp3) is 0.357. The van der Waals surface area contributed by atoms with Crippen LogP contribution in [0.1, 0.15) is 38.9 Å². The standard InChI is InChI=1S/C14H17N3O2S/c1-8-7-15-13(20-8)10(3)17-12-6-5-11(9(2)16-12)14(18)19-4/h5-7,10H,1-4H3,(H,16,17). The van der Waals surface area contributed by atoms with Crippen molar-refractivity contribution in [1.82, 2.24) is 9.97 Å². The first-order valence-electron chi connectivity index (χ1n) is 6.26. The summed E-state index contributed by atoms with van der Waals surface area (Å²) in [4.78, 5) is 21.4. The number of pyridine rings is 1. The van der Waals surface area contributed by atoms with Gasteiger partial charge in [0.05, 0.1) is 24.4 Å². The van der Waals surface area contributed by atoms with Crippen LogP contribution in [0.4, 0.5) is 5.82 Å². The van der Waals surface area contributed by atoms with Crippen LogP contribution in [-0.2, 0) is 4.74 Å². The number of aryl methyl sites for hydroxylation is 2. The summed E-state index contributed by atoms with van der Waals surface area (Å²) in [5.74, 6) is 0.348. The van der Waals surface area contributed by atoms with Crippen LogP contribution in [0.15, 0.2) is 18.3 Å². The minimum absolute atomic E-state index is 0.0737. The Morgan fingerprint density at radius 1 is 1.40 bits per heavy atom. The Bertz CT molecular complexity index is 625. The van der Waals surface area contributed by atoms with E-state index in [0.29, 0.717) is 11.3 Å². The summed E-state index contributed by atoms with van der Waals surface area (Å²) in [6, 6.07) is 3.57. The maximum Gasteiger partial charge on any atom is 0.339 e. The zero-order valence-corrected chi connectivity index (χ0v) is 12.7. The maximum absolute atomic E-state index is 11.5. The van der Waals surface area contributed by atoms with Gasteiger partial charge in [-0.25, -0.2) is 14.8 Å². The number of thiazole rings is 1. The molecular weight excluding hydrogens is 274 g/mol. The largest absolute Gasteiger partial charge is 0.465 e. The third-order valence-corrected chi connectivity index (χ3v) is 3.96. The molecule has 0 amide bonds. The first-order chi connectivity index (χ1) is 9.51. The monoisotopic (exact) mass is 291 g/mol. The lowest BCUT2D eigenvalue weighted by Crippen LogP contribution is -2.10. The van der Waals surface area contributed by atoms with Gasteiger partial charge in [-0.3, -0.25) is 0 Å². The summed E-state index contributed by atoms with van der Waals surface area (Å²) in [5, 5.41) is 4.29. The first-order valence-corrected chi connectivity index (χ1v) is 7.07. The van der Waals surface area contributed by atoms with Gasteiger partial charge in [-0.15, -0.1) is 11.3 Å². The predicted molar refractivity (Wildman–Crippen MR) is 79.2 cm³/mol. The third-order valence-electron chi connectivity index (χ3n) is 2.87. The number of carbonyl (C=O) groups excluding carboxylic acids is 1. The lowest BCUT2D eigenvalue weighted by Gasteiger charge is -2.13. The molecule has 0 aliphatic heterocycles. The second kappa shape index (κ2) is 6.00. The van der Waals surface area contributed by atoms with Crippen LogP contribution in [0, 0.1) is 13.8 Å². The summed E-state index contributed by atoms with van der Waals surface area (Å²) >= 11 is 1.66. The summed E-state index contributed by atoms with van der Waals surface area (Å²) < 4.78 is 4.70. The van der Waals surface area contributed by atoms with Gasteiger partial charge in [-0.1, -0.05) is 0 Å². The smallest absolute Gasteiger partial charge is 0.339 e. The number of hydrogen-bond acceptors (Lipinski definition) is 6. The topological polar surface area (TPSA) is 64.1 Å². The Morgan fingerprint density at radius 2 is 2.15 bits per heavy atom. The van der Waals surface area contributed by atoms with E-state index in [9.17, 15) is 4.79 Å². The van der Waals surface area contributed by atoms with E-state index in [1.807, 2.05) is 20.0 Å². The van der Waals surface area contributed by atoms with Crippen molar-refractivity contribution in [2.45, 2.75) is 26.8 Å². The number of anilines is 1. The van der Waals surface area contributed by atoms with E-state index in [4.69, 9.17) is 4.74 Å². The molecule has 0 spiro atoms. The molecule has 2 aromatic heterocycles. The average Bonchev–Trinajstić information content (AvgIpc) is 2.85. The van der Waals surface area contributed by atoms with E-state index < -0.39 is 0 Å². The zero-order chi connectivity index (χ0) is 14.7. The van der Waals surface area contributed by atoms with E-state index in [1.54, 1.807) is 30.4 Å². The predicted octanol–water partition coefficient (Wildman–Crippen LogP) is 3.11. The van der Waals surface area contributed by atoms with Crippen LogP contribution in [0.5, 0.6) is 0 Å². The Balaban J connectivity index is 2.14. The minimum atomic E-state index is -0.370. The fourth-order valence-electron chi connectivity index (χ4n) is 1.82. The van der Waals surface area contributed by atoms with Crippen LogP contribution in [0.3, 0.4) is 0 Å². The molecule has 0 aliphatic rings. The summed E-state index contributed by atoms with van der Waals surface area (Å²) in [6.07, 6.45) is 1.86. The molecule has 1 unspecified atom stereocenters. The normalized spacial score (nSPS) is 12.0. The molecule has 2 rings (SSSR count). The Labute approximate surface area is 122 Å². The van der Waals surface area contributed by atoms with Gasteiger partial charge in [0, 0.05) is 11.1 Å². The highest BCUT2D eigenvalue weighted by molar-refractivity contribution is 7.11. The zero-order valence-electron chi connectivity index (χ0n) is 11.9. The highest BCUT2D eigenvalue weighted by atomic mass is 32.1. The van der Waals surface area contributed by atoms with E-state index in [-0.39, 0.29) is 12.0 Å². The van der Waals surface area contributed by atoms with Crippen LogP contribution >= 0.6 is 11.3 Å². The summed E-state index contributed by atoms with van der Waals surface area (Å²) in [7, 11) is 1.36. The van der Waals surface area contributed by atoms with Gasteiger partial charge in [0.25, 0.3) is 0 Å². The number of nitrogens with one attached hydrogen (secondary N) is 1. The van der Waals surface area contributed by atoms with Gasteiger partial charge in [0.1, 0.15) is 10.8 Å². The lowest BCUT2D eigenvalue weighted by molar-refractivity contribution is 0.0599. The van der Waals surface area contributed by atoms with Gasteiger partial charge < -0.3 is 10.1 Å². The first kappa shape index (κ1) is 14.5. The number of esters is 1. The van der Waals surface area contributed by atoms with Gasteiger partial charge >= 0.3 is 5.97 Å². The Kier molecular flexibility index (Phi) is 4.34. The molecule has 6 heteroatoms. The van der Waals surface area contributed by atoms with E-state index >= 15 is 0 Å². The van der Waals surface area contributed by atoms with E-state index in [0.717, 1.165) is 10.8 Å². The molecule has 2 heterocycles. The number of methoxy groups -OCH3 is 1. The minimum Gasteiger partial charge on any atom is -0.465 e. The Hall–Kier alpha value is -1.95. The van der Waals surface area contributed by atoms with Crippen LogP contribution in [-0.4, -0.2) is 23.0 Å². The molecule has 1 atom stereocenters. The van der Waals surface area contributed by atoms with Crippen molar-refractivity contribution in [3.05, 3.63) is 39.5 Å². The molecule has 0 bridgehead atoms. The molecule has 0 saturated carbocycles. The molecule has 0 fully saturated rings. The number of aromatic nitrogens is 2. The van der Waals surface area contributed by atoms with Crippen molar-refractivity contribution in [2.75, 3.05) is 12.4 Å². The summed E-state index contributed by atoms with van der Waals surface area (Å²) in [6.45, 7) is 5.85. The molecule has 0 aromatic carbocycles. The number of hydrogen-bond donors (Lipinski definition) is 1. The molecular formula is C14H17N3O2S. The average molecular weight is 291 g/mol. The van der Waals surface area contributed by atoms with Crippen molar-refractivity contribution in [3.63, 3.8) is 0 Å². The number of carbonyl (C=O) groups is 1. The van der Waals surface area contributed by atoms with Gasteiger partial charge in [-0.05, 0) is 32.9 Å². The van der Waals surface area contributed by atoms with E-state index in [2.05, 4.69) is 15.3 Å². The van der Waals surface area contributed by atoms with Crippen molar-refractivity contribution in [1.29, 1.82) is 0 Å². The molecule has 106 valence electrons. The molecule has 5 nitrogen and oxygen atoms in total.